The van der Waals surface area contributed by atoms with Crippen molar-refractivity contribution in [1.82, 2.24) is 4.57 Å². The molecule has 2 heterocycles. The second-order valence-electron chi connectivity index (χ2n) is 9.46. The predicted molar refractivity (Wildman–Crippen MR) is 161 cm³/mol. The summed E-state index contributed by atoms with van der Waals surface area (Å²) in [4.78, 5) is 41.7. The number of carbonyl (C=O) groups is 2. The number of aliphatic carboxylic acids is 1. The van der Waals surface area contributed by atoms with Crippen LogP contribution < -0.4 is 24.4 Å². The second-order valence-corrected chi connectivity index (χ2v) is 11.3. The lowest BCUT2D eigenvalue weighted by molar-refractivity contribution is -0.141. The highest BCUT2D eigenvalue weighted by Gasteiger charge is 2.46. The van der Waals surface area contributed by atoms with Gasteiger partial charge in [0.1, 0.15) is 11.8 Å². The summed E-state index contributed by atoms with van der Waals surface area (Å²) in [6.07, 6.45) is -3.76. The number of alkyl halides is 3. The van der Waals surface area contributed by atoms with Crippen molar-refractivity contribution < 1.29 is 42.1 Å². The molecule has 3 aromatic carbocycles. The van der Waals surface area contributed by atoms with E-state index in [0.717, 1.165) is 4.57 Å². The molecular weight excluding hydrogens is 660 g/mol. The van der Waals surface area contributed by atoms with Gasteiger partial charge >= 0.3 is 18.1 Å². The first-order valence-corrected chi connectivity index (χ1v) is 14.6. The number of hydrogen-bond donors (Lipinski definition) is 1. The van der Waals surface area contributed by atoms with Gasteiger partial charge in [-0.1, -0.05) is 64.9 Å². The number of carboxylic acid groups (broad SMARTS) is 1. The fourth-order valence-corrected chi connectivity index (χ4v) is 6.55. The van der Waals surface area contributed by atoms with Crippen LogP contribution in [0.15, 0.2) is 69.6 Å². The standard InChI is InChI=1S/C30H21Cl2F3N2O7S/c1-3-43-28(41)23-24(22-16-7-5-4-6-15(16)8-9-19(22)42-2)37-27(40)20(45-29(37)36-26(23)30(33,34)35)12-14-10-17(31)25(18(32)11-14)44-13-21(38)39/h4-12,24H,3,13H2,1-2H3,(H,38,39)/b20-12-/t24-/m1/s1. The van der Waals surface area contributed by atoms with Gasteiger partial charge in [0.15, 0.2) is 22.9 Å². The van der Waals surface area contributed by atoms with Crippen LogP contribution in [0, 0.1) is 0 Å². The summed E-state index contributed by atoms with van der Waals surface area (Å²) in [7, 11) is 1.33. The molecule has 4 aromatic rings. The lowest BCUT2D eigenvalue weighted by Gasteiger charge is -2.28. The molecule has 1 N–H and O–H groups in total. The first kappa shape index (κ1) is 32.1. The fraction of sp³-hybridized carbons (Fsp3) is 0.200. The number of benzene rings is 3. The van der Waals surface area contributed by atoms with Crippen LogP contribution in [0.3, 0.4) is 0 Å². The van der Waals surface area contributed by atoms with E-state index in [2.05, 4.69) is 4.99 Å². The van der Waals surface area contributed by atoms with Gasteiger partial charge in [0.2, 0.25) is 0 Å². The van der Waals surface area contributed by atoms with Gasteiger partial charge in [0.25, 0.3) is 5.56 Å². The number of carbonyl (C=O) groups excluding carboxylic acids is 1. The van der Waals surface area contributed by atoms with Crippen molar-refractivity contribution in [3.63, 3.8) is 0 Å². The molecule has 0 radical (unpaired) electrons. The van der Waals surface area contributed by atoms with Crippen LogP contribution in [0.25, 0.3) is 16.8 Å². The number of ether oxygens (including phenoxy) is 3. The molecule has 1 aliphatic heterocycles. The van der Waals surface area contributed by atoms with E-state index in [4.69, 9.17) is 42.5 Å². The molecule has 0 bridgehead atoms. The van der Waals surface area contributed by atoms with Crippen molar-refractivity contribution >= 4 is 63.3 Å². The Morgan fingerprint density at radius 3 is 2.44 bits per heavy atom. The third kappa shape index (κ3) is 6.15. The van der Waals surface area contributed by atoms with Crippen LogP contribution in [-0.2, 0) is 14.3 Å². The number of carboxylic acids is 1. The molecule has 0 fully saturated rings. The SMILES string of the molecule is CCOC(=O)C1=C(C(F)(F)F)N=c2s/c(=C\c3cc(Cl)c(OCC(=O)O)c(Cl)c3)c(=O)n2[C@@H]1c1c(OC)ccc2ccccc12. The van der Waals surface area contributed by atoms with Gasteiger partial charge in [-0.15, -0.1) is 0 Å². The number of thiazole rings is 1. The molecule has 5 rings (SSSR count). The van der Waals surface area contributed by atoms with E-state index in [1.807, 2.05) is 0 Å². The molecule has 1 aliphatic rings. The van der Waals surface area contributed by atoms with Crippen LogP contribution in [-0.4, -0.2) is 48.1 Å². The second kappa shape index (κ2) is 12.6. The van der Waals surface area contributed by atoms with Crippen molar-refractivity contribution in [2.75, 3.05) is 20.3 Å². The molecular formula is C30H21Cl2F3N2O7S. The summed E-state index contributed by atoms with van der Waals surface area (Å²) < 4.78 is 60.5. The van der Waals surface area contributed by atoms with E-state index >= 15 is 0 Å². The third-order valence-electron chi connectivity index (χ3n) is 6.68. The molecule has 45 heavy (non-hydrogen) atoms. The zero-order valence-corrected chi connectivity index (χ0v) is 25.6. The van der Waals surface area contributed by atoms with Gasteiger partial charge < -0.3 is 19.3 Å². The van der Waals surface area contributed by atoms with E-state index in [0.29, 0.717) is 22.1 Å². The number of allylic oxidation sites excluding steroid dienone is 1. The monoisotopic (exact) mass is 680 g/mol. The third-order valence-corrected chi connectivity index (χ3v) is 8.22. The molecule has 0 spiro atoms. The van der Waals surface area contributed by atoms with E-state index in [1.165, 1.54) is 32.2 Å². The van der Waals surface area contributed by atoms with Gasteiger partial charge in [0.05, 0.1) is 33.9 Å². The number of rotatable bonds is 8. The average molecular weight is 681 g/mol. The van der Waals surface area contributed by atoms with Crippen molar-refractivity contribution in [3.05, 3.63) is 101 Å². The van der Waals surface area contributed by atoms with Crippen molar-refractivity contribution in [2.24, 2.45) is 4.99 Å². The van der Waals surface area contributed by atoms with Crippen molar-refractivity contribution in [2.45, 2.75) is 19.1 Å². The van der Waals surface area contributed by atoms with E-state index in [1.54, 1.807) is 36.4 Å². The largest absolute Gasteiger partial charge is 0.496 e. The molecule has 0 amide bonds. The Morgan fingerprint density at radius 2 is 1.82 bits per heavy atom. The maximum Gasteiger partial charge on any atom is 0.434 e. The topological polar surface area (TPSA) is 116 Å². The summed E-state index contributed by atoms with van der Waals surface area (Å²) >= 11 is 13.2. The van der Waals surface area contributed by atoms with Crippen molar-refractivity contribution in [3.8, 4) is 11.5 Å². The number of methoxy groups -OCH3 is 1. The number of fused-ring (bicyclic) bond motifs is 2. The summed E-state index contributed by atoms with van der Waals surface area (Å²) in [5.74, 6) is -2.52. The van der Waals surface area contributed by atoms with Gasteiger partial charge in [-0.3, -0.25) is 9.36 Å². The normalized spacial score (nSPS) is 15.1. The Hall–Kier alpha value is -4.33. The molecule has 1 aromatic heterocycles. The number of nitrogens with zero attached hydrogens (tertiary/aromatic N) is 2. The van der Waals surface area contributed by atoms with E-state index in [9.17, 15) is 27.6 Å². The van der Waals surface area contributed by atoms with Gasteiger partial charge in [0, 0.05) is 5.56 Å². The number of hydrogen-bond acceptors (Lipinski definition) is 8. The Bertz CT molecular complexity index is 2050. The number of esters is 1. The first-order chi connectivity index (χ1) is 21.3. The molecule has 1 atom stereocenters. The van der Waals surface area contributed by atoms with Crippen LogP contribution in [0.5, 0.6) is 11.5 Å². The van der Waals surface area contributed by atoms with E-state index < -0.39 is 47.6 Å². The smallest absolute Gasteiger partial charge is 0.434 e. The first-order valence-electron chi connectivity index (χ1n) is 13.0. The van der Waals surface area contributed by atoms with Crippen molar-refractivity contribution in [1.29, 1.82) is 0 Å². The maximum absolute atomic E-state index is 14.6. The molecule has 9 nitrogen and oxygen atoms in total. The molecule has 0 saturated carbocycles. The van der Waals surface area contributed by atoms with Crippen LogP contribution in [0.1, 0.15) is 24.1 Å². The molecule has 0 unspecified atom stereocenters. The summed E-state index contributed by atoms with van der Waals surface area (Å²) in [6, 6.07) is 11.1. The summed E-state index contributed by atoms with van der Waals surface area (Å²) in [5, 5.41) is 9.83. The fourth-order valence-electron chi connectivity index (χ4n) is 4.94. The summed E-state index contributed by atoms with van der Waals surface area (Å²) in [5.41, 5.74) is -2.74. The Balaban J connectivity index is 1.83. The lowest BCUT2D eigenvalue weighted by atomic mass is 9.90. The Morgan fingerprint density at radius 1 is 1.13 bits per heavy atom. The minimum absolute atomic E-state index is 0.0593. The molecule has 0 saturated heterocycles. The Labute approximate surface area is 266 Å². The van der Waals surface area contributed by atoms with Crippen LogP contribution >= 0.6 is 34.5 Å². The quantitative estimate of drug-likeness (QED) is 0.252. The highest BCUT2D eigenvalue weighted by molar-refractivity contribution is 7.07. The zero-order chi connectivity index (χ0) is 32.6. The maximum atomic E-state index is 14.6. The van der Waals surface area contributed by atoms with Crippen LogP contribution in [0.4, 0.5) is 13.2 Å². The minimum atomic E-state index is -5.10. The highest BCUT2D eigenvalue weighted by Crippen LogP contribution is 2.43. The summed E-state index contributed by atoms with van der Waals surface area (Å²) in [6.45, 7) is 0.507. The van der Waals surface area contributed by atoms with Crippen LogP contribution in [0.2, 0.25) is 10.0 Å². The lowest BCUT2D eigenvalue weighted by Crippen LogP contribution is -2.41. The molecule has 234 valence electrons. The average Bonchev–Trinajstić information content (AvgIpc) is 3.29. The Kier molecular flexibility index (Phi) is 8.97. The zero-order valence-electron chi connectivity index (χ0n) is 23.3. The predicted octanol–water partition coefficient (Wildman–Crippen LogP) is 5.27. The minimum Gasteiger partial charge on any atom is -0.496 e. The molecule has 0 aliphatic carbocycles. The molecule has 15 heteroatoms. The van der Waals surface area contributed by atoms with Gasteiger partial charge in [-0.2, -0.15) is 13.2 Å². The van der Waals surface area contributed by atoms with Gasteiger partial charge in [-0.05, 0) is 47.5 Å². The highest BCUT2D eigenvalue weighted by atomic mass is 35.5. The van der Waals surface area contributed by atoms with Gasteiger partial charge in [-0.25, -0.2) is 14.6 Å². The number of aromatic nitrogens is 1. The number of halogens is 5. The van der Waals surface area contributed by atoms with E-state index in [-0.39, 0.29) is 48.6 Å².